The van der Waals surface area contributed by atoms with Crippen molar-refractivity contribution >= 4 is 6.41 Å². The van der Waals surface area contributed by atoms with Gasteiger partial charge in [0.1, 0.15) is 0 Å². The third-order valence-corrected chi connectivity index (χ3v) is 2.15. The Morgan fingerprint density at radius 3 is 2.09 bits per heavy atom. The SMILES string of the molecule is CC(C)(C)C(C)(O)CNC=O. The first-order valence-corrected chi connectivity index (χ1v) is 3.71. The summed E-state index contributed by atoms with van der Waals surface area (Å²) in [5.74, 6) is 0. The molecule has 66 valence electrons. The van der Waals surface area contributed by atoms with Crippen LogP contribution in [0.5, 0.6) is 0 Å². The normalized spacial score (nSPS) is 17.2. The molecule has 1 atom stereocenters. The van der Waals surface area contributed by atoms with Crippen LogP contribution in [-0.4, -0.2) is 23.7 Å². The van der Waals surface area contributed by atoms with Gasteiger partial charge in [-0.05, 0) is 12.3 Å². The third kappa shape index (κ3) is 2.89. The molecule has 11 heavy (non-hydrogen) atoms. The van der Waals surface area contributed by atoms with Crippen LogP contribution in [0.2, 0.25) is 0 Å². The highest BCUT2D eigenvalue weighted by Gasteiger charge is 2.34. The average molecular weight is 159 g/mol. The second kappa shape index (κ2) is 3.22. The largest absolute Gasteiger partial charge is 0.388 e. The van der Waals surface area contributed by atoms with Gasteiger partial charge in [0.15, 0.2) is 0 Å². The van der Waals surface area contributed by atoms with Crippen molar-refractivity contribution in [2.75, 3.05) is 6.54 Å². The number of amides is 1. The lowest BCUT2D eigenvalue weighted by Gasteiger charge is -2.36. The summed E-state index contributed by atoms with van der Waals surface area (Å²) in [6, 6.07) is 0. The van der Waals surface area contributed by atoms with Crippen LogP contribution in [-0.2, 0) is 4.79 Å². The number of hydrogen-bond acceptors (Lipinski definition) is 2. The zero-order chi connectivity index (χ0) is 9.12. The number of aliphatic hydroxyl groups is 1. The van der Waals surface area contributed by atoms with E-state index in [1.54, 1.807) is 6.92 Å². The van der Waals surface area contributed by atoms with Crippen LogP contribution in [0.1, 0.15) is 27.7 Å². The molecule has 3 nitrogen and oxygen atoms in total. The van der Waals surface area contributed by atoms with Gasteiger partial charge in [-0.1, -0.05) is 20.8 Å². The molecule has 0 saturated carbocycles. The van der Waals surface area contributed by atoms with Gasteiger partial charge in [-0.15, -0.1) is 0 Å². The fourth-order valence-corrected chi connectivity index (χ4v) is 0.506. The van der Waals surface area contributed by atoms with Crippen LogP contribution in [0.25, 0.3) is 0 Å². The first-order valence-electron chi connectivity index (χ1n) is 3.71. The minimum Gasteiger partial charge on any atom is -0.388 e. The number of hydrogen-bond donors (Lipinski definition) is 2. The fraction of sp³-hybridized carbons (Fsp3) is 0.875. The molecular weight excluding hydrogens is 142 g/mol. The van der Waals surface area contributed by atoms with E-state index in [2.05, 4.69) is 5.32 Å². The van der Waals surface area contributed by atoms with Crippen molar-refractivity contribution in [3.63, 3.8) is 0 Å². The van der Waals surface area contributed by atoms with Crippen LogP contribution in [0.15, 0.2) is 0 Å². The molecule has 0 saturated heterocycles. The summed E-state index contributed by atoms with van der Waals surface area (Å²) >= 11 is 0. The lowest BCUT2D eigenvalue weighted by molar-refractivity contribution is -0.112. The van der Waals surface area contributed by atoms with Gasteiger partial charge in [0, 0.05) is 6.54 Å². The minimum absolute atomic E-state index is 0.219. The van der Waals surface area contributed by atoms with Gasteiger partial charge in [0.05, 0.1) is 5.60 Å². The molecule has 0 aliphatic rings. The quantitative estimate of drug-likeness (QED) is 0.590. The highest BCUT2D eigenvalue weighted by molar-refractivity contribution is 5.46. The van der Waals surface area contributed by atoms with Gasteiger partial charge in [0.25, 0.3) is 0 Å². The minimum atomic E-state index is -0.853. The Hall–Kier alpha value is -0.570. The van der Waals surface area contributed by atoms with Crippen molar-refractivity contribution in [2.24, 2.45) is 5.41 Å². The third-order valence-electron chi connectivity index (χ3n) is 2.15. The van der Waals surface area contributed by atoms with E-state index in [4.69, 9.17) is 0 Å². The van der Waals surface area contributed by atoms with E-state index >= 15 is 0 Å². The van der Waals surface area contributed by atoms with E-state index < -0.39 is 5.60 Å². The van der Waals surface area contributed by atoms with Gasteiger partial charge >= 0.3 is 0 Å². The summed E-state index contributed by atoms with van der Waals surface area (Å²) < 4.78 is 0. The molecular formula is C8H17NO2. The second-order valence-corrected chi connectivity index (χ2v) is 4.02. The first kappa shape index (κ1) is 10.4. The van der Waals surface area contributed by atoms with E-state index in [9.17, 15) is 9.90 Å². The molecule has 0 bridgehead atoms. The van der Waals surface area contributed by atoms with Crippen LogP contribution < -0.4 is 5.32 Å². The molecule has 0 heterocycles. The van der Waals surface area contributed by atoms with E-state index in [0.29, 0.717) is 13.0 Å². The van der Waals surface area contributed by atoms with E-state index in [0.717, 1.165) is 0 Å². The predicted molar refractivity (Wildman–Crippen MR) is 44.1 cm³/mol. The van der Waals surface area contributed by atoms with Crippen LogP contribution in [0.3, 0.4) is 0 Å². The molecule has 0 aromatic heterocycles. The Morgan fingerprint density at radius 2 is 1.82 bits per heavy atom. The fourth-order valence-electron chi connectivity index (χ4n) is 0.506. The number of nitrogens with one attached hydrogen (secondary N) is 1. The Labute approximate surface area is 67.8 Å². The standard InChI is InChI=1S/C8H17NO2/c1-7(2,3)8(4,11)5-9-6-10/h6,11H,5H2,1-4H3,(H,9,10). The first-order chi connectivity index (χ1) is 4.81. The lowest BCUT2D eigenvalue weighted by atomic mass is 9.78. The van der Waals surface area contributed by atoms with Gasteiger partial charge in [-0.2, -0.15) is 0 Å². The molecule has 2 N–H and O–H groups in total. The van der Waals surface area contributed by atoms with Crippen LogP contribution >= 0.6 is 0 Å². The number of carbonyl (C=O) groups excluding carboxylic acids is 1. The molecule has 0 fully saturated rings. The predicted octanol–water partition coefficient (Wildman–Crippen LogP) is 0.529. The molecule has 0 spiro atoms. The van der Waals surface area contributed by atoms with Gasteiger partial charge < -0.3 is 10.4 Å². The van der Waals surface area contributed by atoms with Crippen molar-refractivity contribution < 1.29 is 9.90 Å². The molecule has 0 aliphatic carbocycles. The topological polar surface area (TPSA) is 49.3 Å². The second-order valence-electron chi connectivity index (χ2n) is 4.02. The molecule has 0 aliphatic heterocycles. The Morgan fingerprint density at radius 1 is 1.36 bits per heavy atom. The Bertz CT molecular complexity index is 136. The van der Waals surface area contributed by atoms with Crippen molar-refractivity contribution in [1.82, 2.24) is 5.32 Å². The van der Waals surface area contributed by atoms with Crippen molar-refractivity contribution in [1.29, 1.82) is 0 Å². The molecule has 3 heteroatoms. The summed E-state index contributed by atoms with van der Waals surface area (Å²) in [5.41, 5.74) is -1.07. The number of carbonyl (C=O) groups is 1. The maximum atomic E-state index is 9.96. The zero-order valence-electron chi connectivity index (χ0n) is 7.64. The molecule has 0 rings (SSSR count). The number of rotatable bonds is 3. The molecule has 1 amide bonds. The Kier molecular flexibility index (Phi) is 3.05. The summed E-state index contributed by atoms with van der Waals surface area (Å²) in [4.78, 5) is 9.96. The van der Waals surface area contributed by atoms with Gasteiger partial charge in [0.2, 0.25) is 6.41 Å². The van der Waals surface area contributed by atoms with E-state index in [-0.39, 0.29) is 5.41 Å². The van der Waals surface area contributed by atoms with Gasteiger partial charge in [-0.25, -0.2) is 0 Å². The van der Waals surface area contributed by atoms with Crippen molar-refractivity contribution in [2.45, 2.75) is 33.3 Å². The molecule has 0 radical (unpaired) electrons. The average Bonchev–Trinajstić information content (AvgIpc) is 1.81. The van der Waals surface area contributed by atoms with Gasteiger partial charge in [-0.3, -0.25) is 4.79 Å². The highest BCUT2D eigenvalue weighted by Crippen LogP contribution is 2.28. The van der Waals surface area contributed by atoms with Crippen molar-refractivity contribution in [3.05, 3.63) is 0 Å². The zero-order valence-corrected chi connectivity index (χ0v) is 7.64. The molecule has 1 unspecified atom stereocenters. The lowest BCUT2D eigenvalue weighted by Crippen LogP contribution is -2.47. The molecule has 0 aromatic rings. The summed E-state index contributed by atoms with van der Waals surface area (Å²) in [6.45, 7) is 7.79. The monoisotopic (exact) mass is 159 g/mol. The van der Waals surface area contributed by atoms with Crippen LogP contribution in [0, 0.1) is 5.41 Å². The van der Waals surface area contributed by atoms with E-state index in [1.165, 1.54) is 0 Å². The maximum absolute atomic E-state index is 9.96. The van der Waals surface area contributed by atoms with E-state index in [1.807, 2.05) is 20.8 Å². The summed E-state index contributed by atoms with van der Waals surface area (Å²) in [6.07, 6.45) is 0.597. The summed E-state index contributed by atoms with van der Waals surface area (Å²) in [5, 5.41) is 12.2. The maximum Gasteiger partial charge on any atom is 0.207 e. The highest BCUT2D eigenvalue weighted by atomic mass is 16.3. The summed E-state index contributed by atoms with van der Waals surface area (Å²) in [7, 11) is 0. The molecule has 0 aromatic carbocycles. The Balaban J connectivity index is 4.10. The van der Waals surface area contributed by atoms with Crippen LogP contribution in [0.4, 0.5) is 0 Å². The van der Waals surface area contributed by atoms with Crippen molar-refractivity contribution in [3.8, 4) is 0 Å². The smallest absolute Gasteiger partial charge is 0.207 e.